The first-order valence-electron chi connectivity index (χ1n) is 8.09. The molecule has 0 aromatic heterocycles. The third kappa shape index (κ3) is 4.19. The van der Waals surface area contributed by atoms with Gasteiger partial charge in [-0.05, 0) is 25.0 Å². The number of piperazine rings is 1. The van der Waals surface area contributed by atoms with Gasteiger partial charge in [0.25, 0.3) is 5.91 Å². The zero-order valence-electron chi connectivity index (χ0n) is 13.5. The van der Waals surface area contributed by atoms with Gasteiger partial charge in [-0.15, -0.1) is 0 Å². The number of benzene rings is 1. The van der Waals surface area contributed by atoms with E-state index in [1.54, 1.807) is 9.80 Å². The fourth-order valence-corrected chi connectivity index (χ4v) is 2.92. The van der Waals surface area contributed by atoms with E-state index in [9.17, 15) is 19.7 Å². The van der Waals surface area contributed by atoms with Crippen LogP contribution in [-0.2, 0) is 9.59 Å². The van der Waals surface area contributed by atoms with Crippen molar-refractivity contribution in [3.8, 4) is 5.75 Å². The number of hydrogen-bond donors (Lipinski definition) is 0. The molecule has 1 aromatic carbocycles. The van der Waals surface area contributed by atoms with Crippen LogP contribution in [0.25, 0.3) is 0 Å². The molecule has 0 radical (unpaired) electrons. The largest absolute Gasteiger partial charge is 0.477 e. The summed E-state index contributed by atoms with van der Waals surface area (Å²) in [4.78, 5) is 38.1. The van der Waals surface area contributed by atoms with Gasteiger partial charge in [0.1, 0.15) is 0 Å². The van der Waals surface area contributed by atoms with Gasteiger partial charge >= 0.3 is 5.69 Å². The molecule has 3 rings (SSSR count). The summed E-state index contributed by atoms with van der Waals surface area (Å²) in [6, 6.07) is 4.03. The second-order valence-corrected chi connectivity index (χ2v) is 6.57. The van der Waals surface area contributed by atoms with Gasteiger partial charge < -0.3 is 14.5 Å². The molecular weight excluding hydrogens is 350 g/mol. The molecule has 0 bridgehead atoms. The number of carbonyl (C=O) groups is 2. The maximum atomic E-state index is 12.2. The highest BCUT2D eigenvalue weighted by molar-refractivity contribution is 6.30. The second-order valence-electron chi connectivity index (χ2n) is 6.14. The lowest BCUT2D eigenvalue weighted by Gasteiger charge is -2.34. The van der Waals surface area contributed by atoms with Gasteiger partial charge in [0, 0.05) is 43.2 Å². The number of nitro groups is 1. The first-order chi connectivity index (χ1) is 12.0. The van der Waals surface area contributed by atoms with Crippen molar-refractivity contribution >= 4 is 29.1 Å². The van der Waals surface area contributed by atoms with E-state index in [1.807, 2.05) is 0 Å². The van der Waals surface area contributed by atoms with E-state index in [4.69, 9.17) is 16.3 Å². The summed E-state index contributed by atoms with van der Waals surface area (Å²) in [5.74, 6) is 0.101. The fourth-order valence-electron chi connectivity index (χ4n) is 2.75. The average Bonchev–Trinajstić information content (AvgIpc) is 3.45. The highest BCUT2D eigenvalue weighted by atomic mass is 35.5. The van der Waals surface area contributed by atoms with Gasteiger partial charge in [-0.2, -0.15) is 0 Å². The molecule has 1 saturated carbocycles. The van der Waals surface area contributed by atoms with Crippen molar-refractivity contribution in [3.05, 3.63) is 33.3 Å². The maximum Gasteiger partial charge on any atom is 0.312 e. The number of amides is 2. The predicted molar refractivity (Wildman–Crippen MR) is 89.5 cm³/mol. The minimum Gasteiger partial charge on any atom is -0.477 e. The molecule has 8 nitrogen and oxygen atoms in total. The summed E-state index contributed by atoms with van der Waals surface area (Å²) in [6.07, 6.45) is 1.93. The lowest BCUT2D eigenvalue weighted by atomic mass is 10.2. The van der Waals surface area contributed by atoms with Crippen LogP contribution in [0.2, 0.25) is 5.02 Å². The van der Waals surface area contributed by atoms with Gasteiger partial charge in [-0.1, -0.05) is 11.6 Å². The van der Waals surface area contributed by atoms with Gasteiger partial charge in [-0.25, -0.2) is 0 Å². The van der Waals surface area contributed by atoms with Gasteiger partial charge in [0.05, 0.1) is 4.92 Å². The minimum atomic E-state index is -0.603. The first kappa shape index (κ1) is 17.5. The Balaban J connectivity index is 1.52. The van der Waals surface area contributed by atoms with Crippen LogP contribution in [-0.4, -0.2) is 59.3 Å². The number of ether oxygens (including phenoxy) is 1. The van der Waals surface area contributed by atoms with E-state index in [2.05, 4.69) is 0 Å². The second kappa shape index (κ2) is 7.26. The van der Waals surface area contributed by atoms with E-state index >= 15 is 0 Å². The lowest BCUT2D eigenvalue weighted by Crippen LogP contribution is -2.52. The van der Waals surface area contributed by atoms with Crippen LogP contribution in [0, 0.1) is 16.0 Å². The Labute approximate surface area is 149 Å². The molecule has 25 heavy (non-hydrogen) atoms. The van der Waals surface area contributed by atoms with E-state index in [0.717, 1.165) is 12.8 Å². The van der Waals surface area contributed by atoms with Crippen LogP contribution in [0.15, 0.2) is 18.2 Å². The smallest absolute Gasteiger partial charge is 0.312 e. The molecule has 134 valence electrons. The topological polar surface area (TPSA) is 93.0 Å². The van der Waals surface area contributed by atoms with Crippen LogP contribution in [0.5, 0.6) is 5.75 Å². The monoisotopic (exact) mass is 367 g/mol. The molecule has 0 N–H and O–H groups in total. The lowest BCUT2D eigenvalue weighted by molar-refractivity contribution is -0.385. The van der Waals surface area contributed by atoms with Crippen LogP contribution >= 0.6 is 11.6 Å². The molecule has 1 aliphatic heterocycles. The molecule has 1 aromatic rings. The SMILES string of the molecule is O=C(COc1ccc(Cl)cc1[N+](=O)[O-])N1CCN(C(=O)C2CC2)CC1. The molecule has 1 aliphatic carbocycles. The number of carbonyl (C=O) groups excluding carboxylic acids is 2. The van der Waals surface area contributed by atoms with Crippen LogP contribution in [0.1, 0.15) is 12.8 Å². The van der Waals surface area contributed by atoms with Gasteiger partial charge in [-0.3, -0.25) is 19.7 Å². The number of nitro benzene ring substituents is 1. The zero-order valence-corrected chi connectivity index (χ0v) is 14.3. The number of hydrogen-bond acceptors (Lipinski definition) is 5. The molecule has 2 aliphatic rings. The average molecular weight is 368 g/mol. The molecule has 1 heterocycles. The molecular formula is C16H18ClN3O5. The van der Waals surface area contributed by atoms with Crippen molar-refractivity contribution in [1.29, 1.82) is 0 Å². The molecule has 2 amide bonds. The molecule has 9 heteroatoms. The van der Waals surface area contributed by atoms with Crippen molar-refractivity contribution in [3.63, 3.8) is 0 Å². The van der Waals surface area contributed by atoms with Crippen molar-refractivity contribution < 1.29 is 19.2 Å². The third-order valence-corrected chi connectivity index (χ3v) is 4.57. The Kier molecular flexibility index (Phi) is 5.08. The highest BCUT2D eigenvalue weighted by Crippen LogP contribution is 2.31. The Hall–Kier alpha value is -2.35. The van der Waals surface area contributed by atoms with E-state index in [0.29, 0.717) is 26.2 Å². The molecule has 0 unspecified atom stereocenters. The third-order valence-electron chi connectivity index (χ3n) is 4.34. The zero-order chi connectivity index (χ0) is 18.0. The Bertz CT molecular complexity index is 699. The van der Waals surface area contributed by atoms with Crippen molar-refractivity contribution in [2.75, 3.05) is 32.8 Å². The van der Waals surface area contributed by atoms with Gasteiger partial charge in [0.2, 0.25) is 5.91 Å². The van der Waals surface area contributed by atoms with Gasteiger partial charge in [0.15, 0.2) is 12.4 Å². The first-order valence-corrected chi connectivity index (χ1v) is 8.47. The maximum absolute atomic E-state index is 12.2. The molecule has 0 atom stereocenters. The van der Waals surface area contributed by atoms with Crippen LogP contribution < -0.4 is 4.74 Å². The Morgan fingerprint density at radius 3 is 2.44 bits per heavy atom. The Morgan fingerprint density at radius 1 is 1.20 bits per heavy atom. The number of rotatable bonds is 5. The summed E-state index contributed by atoms with van der Waals surface area (Å²) in [7, 11) is 0. The summed E-state index contributed by atoms with van der Waals surface area (Å²) < 4.78 is 5.32. The Morgan fingerprint density at radius 2 is 1.84 bits per heavy atom. The highest BCUT2D eigenvalue weighted by Gasteiger charge is 2.35. The van der Waals surface area contributed by atoms with Crippen LogP contribution in [0.3, 0.4) is 0 Å². The fraction of sp³-hybridized carbons (Fsp3) is 0.500. The molecule has 2 fully saturated rings. The standard InChI is InChI=1S/C16H18ClN3O5/c17-12-3-4-14(13(9-12)20(23)24)25-10-15(21)18-5-7-19(8-6-18)16(22)11-1-2-11/h3-4,9,11H,1-2,5-8,10H2. The predicted octanol–water partition coefficient (Wildman–Crippen LogP) is 1.71. The quantitative estimate of drug-likeness (QED) is 0.583. The van der Waals surface area contributed by atoms with E-state index < -0.39 is 4.92 Å². The van der Waals surface area contributed by atoms with E-state index in [1.165, 1.54) is 18.2 Å². The van der Waals surface area contributed by atoms with Crippen molar-refractivity contribution in [2.45, 2.75) is 12.8 Å². The summed E-state index contributed by atoms with van der Waals surface area (Å²) in [5.41, 5.74) is -0.278. The molecule has 1 saturated heterocycles. The van der Waals surface area contributed by atoms with E-state index in [-0.39, 0.29) is 40.8 Å². The minimum absolute atomic E-state index is 0.00490. The summed E-state index contributed by atoms with van der Waals surface area (Å²) in [5, 5.41) is 11.2. The van der Waals surface area contributed by atoms with Crippen molar-refractivity contribution in [1.82, 2.24) is 9.80 Å². The van der Waals surface area contributed by atoms with Crippen LogP contribution in [0.4, 0.5) is 5.69 Å². The van der Waals surface area contributed by atoms with Crippen molar-refractivity contribution in [2.24, 2.45) is 5.92 Å². The molecule has 0 spiro atoms. The number of halogens is 1. The summed E-state index contributed by atoms with van der Waals surface area (Å²) in [6.45, 7) is 1.64. The normalized spacial score (nSPS) is 17.3. The summed E-state index contributed by atoms with van der Waals surface area (Å²) >= 11 is 5.74. The number of nitrogens with zero attached hydrogens (tertiary/aromatic N) is 3.